The fourth-order valence-corrected chi connectivity index (χ4v) is 4.50. The molecule has 6 nitrogen and oxygen atoms in total. The molecule has 2 N–H and O–H groups in total. The molecule has 1 aromatic rings. The number of rotatable bonds is 8. The molecule has 0 saturated carbocycles. The van der Waals surface area contributed by atoms with Crippen LogP contribution in [-0.4, -0.2) is 60.9 Å². The number of hydrogen-bond donors (Lipinski definition) is 2. The fourth-order valence-electron chi connectivity index (χ4n) is 4.50. The average molecular weight is 527 g/mol. The van der Waals surface area contributed by atoms with Gasteiger partial charge in [0, 0.05) is 52.2 Å². The third-order valence-electron chi connectivity index (χ3n) is 6.23. The molecule has 3 rings (SSSR count). The highest BCUT2D eigenvalue weighted by Crippen LogP contribution is 2.19. The second kappa shape index (κ2) is 13.1. The highest BCUT2D eigenvalue weighted by atomic mass is 127. The molecule has 1 atom stereocenters. The molecule has 0 aliphatic carbocycles. The van der Waals surface area contributed by atoms with E-state index in [1.54, 1.807) is 0 Å². The van der Waals surface area contributed by atoms with Crippen molar-refractivity contribution in [2.24, 2.45) is 4.99 Å². The number of nitrogens with zero attached hydrogens (tertiary/aromatic N) is 3. The van der Waals surface area contributed by atoms with Crippen molar-refractivity contribution < 1.29 is 4.79 Å². The summed E-state index contributed by atoms with van der Waals surface area (Å²) in [4.78, 5) is 20.9. The lowest BCUT2D eigenvalue weighted by Gasteiger charge is -2.35. The summed E-state index contributed by atoms with van der Waals surface area (Å²) in [6.07, 6.45) is 6.93. The summed E-state index contributed by atoms with van der Waals surface area (Å²) in [5.74, 6) is 1.11. The number of halogens is 1. The number of benzene rings is 1. The van der Waals surface area contributed by atoms with E-state index in [9.17, 15) is 4.79 Å². The van der Waals surface area contributed by atoms with E-state index in [0.29, 0.717) is 19.5 Å². The number of guanidine groups is 1. The Kier molecular flexibility index (Phi) is 10.9. The van der Waals surface area contributed by atoms with E-state index in [4.69, 9.17) is 0 Å². The van der Waals surface area contributed by atoms with Gasteiger partial charge >= 0.3 is 0 Å². The number of carbonyl (C=O) groups is 1. The van der Waals surface area contributed by atoms with Gasteiger partial charge in [0.2, 0.25) is 5.91 Å². The van der Waals surface area contributed by atoms with Crippen LogP contribution >= 0.6 is 24.0 Å². The van der Waals surface area contributed by atoms with Gasteiger partial charge in [0.1, 0.15) is 0 Å². The van der Waals surface area contributed by atoms with Crippen molar-refractivity contribution >= 4 is 35.8 Å². The van der Waals surface area contributed by atoms with Gasteiger partial charge in [-0.2, -0.15) is 0 Å². The van der Waals surface area contributed by atoms with Crippen LogP contribution < -0.4 is 10.6 Å². The minimum Gasteiger partial charge on any atom is -0.355 e. The van der Waals surface area contributed by atoms with Crippen molar-refractivity contribution in [3.63, 3.8) is 0 Å². The molecule has 2 saturated heterocycles. The molecule has 30 heavy (non-hydrogen) atoms. The predicted octanol–water partition coefficient (Wildman–Crippen LogP) is 3.36. The zero-order valence-electron chi connectivity index (χ0n) is 18.5. The first-order valence-electron chi connectivity index (χ1n) is 11.2. The highest BCUT2D eigenvalue weighted by molar-refractivity contribution is 14.0. The Hall–Kier alpha value is -1.35. The summed E-state index contributed by atoms with van der Waals surface area (Å²) in [5, 5.41) is 6.91. The van der Waals surface area contributed by atoms with E-state index >= 15 is 0 Å². The number of amides is 1. The maximum Gasteiger partial charge on any atom is 0.222 e. The molecule has 2 heterocycles. The van der Waals surface area contributed by atoms with Crippen LogP contribution in [-0.2, 0) is 17.9 Å². The molecule has 0 spiro atoms. The standard InChI is InChI=1S/C23H37N5O.HI/c1-3-21-11-6-7-14-27(21)16-13-25-23(24-2)26-17-19-9-4-5-10-20(19)18-28-15-8-12-22(28)29;/h4-5,9-10,21H,3,6-8,11-18H2,1-2H3,(H2,24,25,26);1H. The molecule has 1 amide bonds. The van der Waals surface area contributed by atoms with Gasteiger partial charge in [-0.25, -0.2) is 0 Å². The average Bonchev–Trinajstić information content (AvgIpc) is 3.16. The molecule has 2 aliphatic rings. The van der Waals surface area contributed by atoms with Gasteiger partial charge in [-0.1, -0.05) is 37.6 Å². The maximum atomic E-state index is 12.0. The lowest BCUT2D eigenvalue weighted by atomic mass is 10.0. The molecule has 1 unspecified atom stereocenters. The van der Waals surface area contributed by atoms with Crippen molar-refractivity contribution in [1.82, 2.24) is 20.4 Å². The number of likely N-dealkylation sites (tertiary alicyclic amines) is 2. The topological polar surface area (TPSA) is 60.0 Å². The Balaban J connectivity index is 0.00000320. The Morgan fingerprint density at radius 1 is 1.13 bits per heavy atom. The Bertz CT molecular complexity index is 696. The summed E-state index contributed by atoms with van der Waals surface area (Å²) in [5.41, 5.74) is 2.43. The number of nitrogens with one attached hydrogen (secondary N) is 2. The van der Waals surface area contributed by atoms with Crippen LogP contribution in [0.25, 0.3) is 0 Å². The van der Waals surface area contributed by atoms with Gasteiger partial charge < -0.3 is 15.5 Å². The van der Waals surface area contributed by atoms with Crippen LogP contribution in [0.15, 0.2) is 29.3 Å². The summed E-state index contributed by atoms with van der Waals surface area (Å²) in [6, 6.07) is 9.11. The summed E-state index contributed by atoms with van der Waals surface area (Å²) >= 11 is 0. The third-order valence-corrected chi connectivity index (χ3v) is 6.23. The monoisotopic (exact) mass is 527 g/mol. The highest BCUT2D eigenvalue weighted by Gasteiger charge is 2.21. The van der Waals surface area contributed by atoms with E-state index < -0.39 is 0 Å². The van der Waals surface area contributed by atoms with Crippen molar-refractivity contribution in [2.45, 2.75) is 64.6 Å². The van der Waals surface area contributed by atoms with E-state index in [2.05, 4.69) is 51.7 Å². The summed E-state index contributed by atoms with van der Waals surface area (Å²) < 4.78 is 0. The molecule has 2 fully saturated rings. The van der Waals surface area contributed by atoms with Gasteiger partial charge in [0.15, 0.2) is 5.96 Å². The quantitative estimate of drug-likeness (QED) is 0.309. The zero-order valence-corrected chi connectivity index (χ0v) is 20.9. The van der Waals surface area contributed by atoms with Crippen molar-refractivity contribution in [1.29, 1.82) is 0 Å². The van der Waals surface area contributed by atoms with E-state index in [-0.39, 0.29) is 29.9 Å². The normalized spacial score (nSPS) is 20.2. The summed E-state index contributed by atoms with van der Waals surface area (Å²) in [7, 11) is 1.82. The number of piperidine rings is 1. The molecule has 0 aromatic heterocycles. The molecule has 0 bridgehead atoms. The van der Waals surface area contributed by atoms with Crippen molar-refractivity contribution in [3.05, 3.63) is 35.4 Å². The predicted molar refractivity (Wildman–Crippen MR) is 134 cm³/mol. The lowest BCUT2D eigenvalue weighted by molar-refractivity contribution is -0.128. The first kappa shape index (κ1) is 24.9. The number of hydrogen-bond acceptors (Lipinski definition) is 3. The number of carbonyl (C=O) groups excluding carboxylic acids is 1. The second-order valence-electron chi connectivity index (χ2n) is 8.13. The molecule has 2 aliphatic heterocycles. The van der Waals surface area contributed by atoms with Crippen LogP contribution in [0.2, 0.25) is 0 Å². The van der Waals surface area contributed by atoms with Gasteiger partial charge in [-0.15, -0.1) is 24.0 Å². The molecule has 7 heteroatoms. The third kappa shape index (κ3) is 7.11. The molecule has 0 radical (unpaired) electrons. The molecular weight excluding hydrogens is 489 g/mol. The lowest BCUT2D eigenvalue weighted by Crippen LogP contribution is -2.45. The number of aliphatic imine (C=N–C) groups is 1. The van der Waals surface area contributed by atoms with E-state index in [1.807, 2.05) is 11.9 Å². The largest absolute Gasteiger partial charge is 0.355 e. The Morgan fingerprint density at radius 2 is 1.93 bits per heavy atom. The van der Waals surface area contributed by atoms with Gasteiger partial charge in [0.25, 0.3) is 0 Å². The van der Waals surface area contributed by atoms with E-state index in [1.165, 1.54) is 43.4 Å². The molecule has 1 aromatic carbocycles. The second-order valence-corrected chi connectivity index (χ2v) is 8.13. The Morgan fingerprint density at radius 3 is 2.63 bits per heavy atom. The summed E-state index contributed by atoms with van der Waals surface area (Å²) in [6.45, 7) is 7.76. The zero-order chi connectivity index (χ0) is 20.5. The van der Waals surface area contributed by atoms with Gasteiger partial charge in [-0.3, -0.25) is 14.7 Å². The molecular formula is C23H38IN5O. The SMILES string of the molecule is CCC1CCCCN1CCNC(=NC)NCc1ccccc1CN1CCCC1=O.I. The van der Waals surface area contributed by atoms with Crippen molar-refractivity contribution in [2.75, 3.05) is 33.2 Å². The minimum absolute atomic E-state index is 0. The van der Waals surface area contributed by atoms with Crippen LogP contribution in [0, 0.1) is 0 Å². The van der Waals surface area contributed by atoms with Gasteiger partial charge in [-0.05, 0) is 43.4 Å². The van der Waals surface area contributed by atoms with Crippen LogP contribution in [0.3, 0.4) is 0 Å². The van der Waals surface area contributed by atoms with Crippen molar-refractivity contribution in [3.8, 4) is 0 Å². The first-order valence-corrected chi connectivity index (χ1v) is 11.2. The van der Waals surface area contributed by atoms with Crippen LogP contribution in [0.4, 0.5) is 0 Å². The molecule has 168 valence electrons. The Labute approximate surface area is 198 Å². The minimum atomic E-state index is 0. The van der Waals surface area contributed by atoms with Crippen LogP contribution in [0.1, 0.15) is 56.6 Å². The fraction of sp³-hybridized carbons (Fsp3) is 0.652. The van der Waals surface area contributed by atoms with Gasteiger partial charge in [0.05, 0.1) is 0 Å². The van der Waals surface area contributed by atoms with Crippen LogP contribution in [0.5, 0.6) is 0 Å². The van der Waals surface area contributed by atoms with E-state index in [0.717, 1.165) is 38.1 Å². The smallest absolute Gasteiger partial charge is 0.222 e. The first-order chi connectivity index (χ1) is 14.2. The maximum absolute atomic E-state index is 12.0.